The van der Waals surface area contributed by atoms with Crippen LogP contribution in [0.15, 0.2) is 29.2 Å². The highest BCUT2D eigenvalue weighted by molar-refractivity contribution is 8.04. The highest BCUT2D eigenvalue weighted by atomic mass is 32.2. The van der Waals surface area contributed by atoms with Crippen molar-refractivity contribution in [1.82, 2.24) is 9.80 Å². The van der Waals surface area contributed by atoms with Gasteiger partial charge in [0, 0.05) is 24.4 Å². The minimum absolute atomic E-state index is 0.00838. The number of likely N-dealkylation sites (tertiary alicyclic amines) is 1. The third-order valence-corrected chi connectivity index (χ3v) is 7.52. The number of nitrogens with zero attached hydrogens (tertiary/aromatic N) is 2. The quantitative estimate of drug-likeness (QED) is 0.650. The number of alkyl halides is 3. The summed E-state index contributed by atoms with van der Waals surface area (Å²) < 4.78 is 38.4. The van der Waals surface area contributed by atoms with Crippen molar-refractivity contribution in [3.63, 3.8) is 0 Å². The lowest BCUT2D eigenvalue weighted by Crippen LogP contribution is -2.54. The minimum Gasteiger partial charge on any atom is -0.341 e. The van der Waals surface area contributed by atoms with Gasteiger partial charge in [-0.3, -0.25) is 9.59 Å². The largest absolute Gasteiger partial charge is 0.416 e. The van der Waals surface area contributed by atoms with E-state index in [2.05, 4.69) is 0 Å². The third kappa shape index (κ3) is 4.53. The second kappa shape index (κ2) is 8.65. The molecule has 2 amide bonds. The van der Waals surface area contributed by atoms with Crippen LogP contribution in [0.1, 0.15) is 49.7 Å². The topological polar surface area (TPSA) is 40.6 Å². The predicted octanol–water partition coefficient (Wildman–Crippen LogP) is 4.56. The molecule has 3 aliphatic rings. The third-order valence-electron chi connectivity index (χ3n) is 6.12. The number of hydrogen-bond donors (Lipinski definition) is 0. The van der Waals surface area contributed by atoms with Crippen LogP contribution in [0.2, 0.25) is 0 Å². The lowest BCUT2D eigenvalue weighted by molar-refractivity contribution is -0.140. The summed E-state index contributed by atoms with van der Waals surface area (Å²) in [5.74, 6) is -0.193. The molecule has 0 bridgehead atoms. The highest BCUT2D eigenvalue weighted by Gasteiger charge is 2.41. The second-order valence-electron chi connectivity index (χ2n) is 8.16. The average Bonchev–Trinajstić information content (AvgIpc) is 3.26. The average molecular weight is 439 g/mol. The summed E-state index contributed by atoms with van der Waals surface area (Å²) in [6.07, 6.45) is 3.27. The molecular weight excluding hydrogens is 413 g/mol. The molecule has 1 aromatic carbocycles. The molecule has 1 aromatic rings. The van der Waals surface area contributed by atoms with Gasteiger partial charge in [-0.25, -0.2) is 0 Å². The Bertz CT molecular complexity index is 832. The maximum absolute atomic E-state index is 13.2. The van der Waals surface area contributed by atoms with E-state index in [4.69, 9.17) is 0 Å². The first-order chi connectivity index (χ1) is 14.3. The molecule has 0 radical (unpaired) electrons. The Morgan fingerprint density at radius 3 is 2.40 bits per heavy atom. The van der Waals surface area contributed by atoms with Crippen LogP contribution in [0.25, 0.3) is 6.08 Å². The molecule has 8 heteroatoms. The minimum atomic E-state index is -4.39. The molecule has 0 aromatic heterocycles. The molecular formula is C22H25F3N2O2S. The summed E-state index contributed by atoms with van der Waals surface area (Å²) in [4.78, 5) is 30.0. The van der Waals surface area contributed by atoms with E-state index in [1.807, 2.05) is 4.90 Å². The smallest absolute Gasteiger partial charge is 0.341 e. The van der Waals surface area contributed by atoms with E-state index < -0.39 is 11.7 Å². The van der Waals surface area contributed by atoms with Crippen molar-refractivity contribution >= 4 is 29.7 Å². The molecule has 4 rings (SSSR count). The van der Waals surface area contributed by atoms with Gasteiger partial charge in [-0.05, 0) is 49.5 Å². The van der Waals surface area contributed by atoms with E-state index in [1.165, 1.54) is 23.9 Å². The first-order valence-electron chi connectivity index (χ1n) is 10.5. The Balaban J connectivity index is 1.56. The molecule has 162 valence electrons. The molecule has 1 aliphatic carbocycles. The molecule has 2 saturated heterocycles. The van der Waals surface area contributed by atoms with Crippen molar-refractivity contribution in [2.75, 3.05) is 19.6 Å². The van der Waals surface area contributed by atoms with Crippen LogP contribution in [0.3, 0.4) is 0 Å². The zero-order valence-electron chi connectivity index (χ0n) is 16.7. The molecule has 1 saturated carbocycles. The van der Waals surface area contributed by atoms with Crippen molar-refractivity contribution in [3.8, 4) is 0 Å². The summed E-state index contributed by atoms with van der Waals surface area (Å²) >= 11 is 1.51. The van der Waals surface area contributed by atoms with E-state index in [0.717, 1.165) is 63.7 Å². The molecule has 2 aliphatic heterocycles. The van der Waals surface area contributed by atoms with E-state index >= 15 is 0 Å². The Hall–Kier alpha value is -1.96. The summed E-state index contributed by atoms with van der Waals surface area (Å²) in [6.45, 7) is 1.58. The number of rotatable bonds is 3. The lowest BCUT2D eigenvalue weighted by atomic mass is 9.93. The number of carbonyl (C=O) groups excluding carboxylic acids is 2. The molecule has 0 N–H and O–H groups in total. The van der Waals surface area contributed by atoms with Crippen molar-refractivity contribution in [1.29, 1.82) is 0 Å². The van der Waals surface area contributed by atoms with Gasteiger partial charge >= 0.3 is 6.18 Å². The van der Waals surface area contributed by atoms with Crippen LogP contribution >= 0.6 is 11.8 Å². The maximum Gasteiger partial charge on any atom is 0.416 e. The number of carbonyl (C=O) groups is 2. The fourth-order valence-corrected chi connectivity index (χ4v) is 5.97. The number of benzene rings is 1. The Morgan fingerprint density at radius 2 is 1.73 bits per heavy atom. The summed E-state index contributed by atoms with van der Waals surface area (Å²) in [5, 5.41) is 0.225. The van der Waals surface area contributed by atoms with E-state index in [9.17, 15) is 22.8 Å². The van der Waals surface area contributed by atoms with Crippen molar-refractivity contribution in [3.05, 3.63) is 40.3 Å². The number of amides is 2. The first kappa shape index (κ1) is 21.3. The van der Waals surface area contributed by atoms with E-state index in [0.29, 0.717) is 10.5 Å². The van der Waals surface area contributed by atoms with Crippen LogP contribution < -0.4 is 0 Å². The van der Waals surface area contributed by atoms with Crippen molar-refractivity contribution in [2.45, 2.75) is 56.0 Å². The molecule has 2 unspecified atom stereocenters. The Labute approximate surface area is 178 Å². The van der Waals surface area contributed by atoms with Crippen molar-refractivity contribution in [2.24, 2.45) is 0 Å². The first-order valence-corrected chi connectivity index (χ1v) is 11.4. The number of halogens is 3. The van der Waals surface area contributed by atoms with Gasteiger partial charge in [0.05, 0.1) is 10.5 Å². The normalized spacial score (nSPS) is 26.2. The highest BCUT2D eigenvalue weighted by Crippen LogP contribution is 2.42. The van der Waals surface area contributed by atoms with Gasteiger partial charge in [-0.15, -0.1) is 11.8 Å². The number of fused-ring (bicyclic) bond motifs is 1. The standard InChI is InChI=1S/C22H25F3N2O2S/c23-22(24,25)16-9-7-15(8-10-16)13-19-21(29)27(14-20(28)26-11-3-4-12-26)17-5-1-2-6-18(17)30-19/h7-10,13,17-18H,1-6,11-12,14H2/b19-13+. The van der Waals surface area contributed by atoms with Gasteiger partial charge in [-0.2, -0.15) is 13.2 Å². The molecule has 4 nitrogen and oxygen atoms in total. The summed E-state index contributed by atoms with van der Waals surface area (Å²) in [7, 11) is 0. The maximum atomic E-state index is 13.2. The zero-order valence-corrected chi connectivity index (χ0v) is 17.5. The van der Waals surface area contributed by atoms with Crippen LogP contribution in [-0.2, 0) is 15.8 Å². The molecule has 0 spiro atoms. The van der Waals surface area contributed by atoms with Gasteiger partial charge in [0.1, 0.15) is 6.54 Å². The van der Waals surface area contributed by atoms with E-state index in [-0.39, 0.29) is 29.7 Å². The molecule has 2 heterocycles. The van der Waals surface area contributed by atoms with Gasteiger partial charge in [0.15, 0.2) is 0 Å². The van der Waals surface area contributed by atoms with Gasteiger partial charge in [-0.1, -0.05) is 25.0 Å². The Morgan fingerprint density at radius 1 is 1.07 bits per heavy atom. The summed E-state index contributed by atoms with van der Waals surface area (Å²) in [6, 6.07) is 4.88. The van der Waals surface area contributed by atoms with Gasteiger partial charge in [0.25, 0.3) is 5.91 Å². The Kier molecular flexibility index (Phi) is 6.14. The zero-order chi connectivity index (χ0) is 21.3. The number of thioether (sulfide) groups is 1. The van der Waals surface area contributed by atoms with E-state index in [1.54, 1.807) is 11.0 Å². The number of hydrogen-bond acceptors (Lipinski definition) is 3. The fraction of sp³-hybridized carbons (Fsp3) is 0.545. The second-order valence-corrected chi connectivity index (χ2v) is 9.44. The lowest BCUT2D eigenvalue weighted by Gasteiger charge is -2.44. The van der Waals surface area contributed by atoms with Gasteiger partial charge in [0.2, 0.25) is 5.91 Å². The van der Waals surface area contributed by atoms with Crippen LogP contribution in [0, 0.1) is 0 Å². The fourth-order valence-electron chi connectivity index (χ4n) is 4.49. The molecule has 30 heavy (non-hydrogen) atoms. The monoisotopic (exact) mass is 438 g/mol. The van der Waals surface area contributed by atoms with Crippen LogP contribution in [-0.4, -0.2) is 52.5 Å². The van der Waals surface area contributed by atoms with Crippen molar-refractivity contribution < 1.29 is 22.8 Å². The SMILES string of the molecule is O=C(CN1C(=O)/C(=C\c2ccc(C(F)(F)F)cc2)SC2CCCCC21)N1CCCC1. The van der Waals surface area contributed by atoms with Crippen LogP contribution in [0.4, 0.5) is 13.2 Å². The summed E-state index contributed by atoms with van der Waals surface area (Å²) in [5.41, 5.74) is -0.156. The van der Waals surface area contributed by atoms with Gasteiger partial charge < -0.3 is 9.80 Å². The van der Waals surface area contributed by atoms with Crippen LogP contribution in [0.5, 0.6) is 0 Å². The molecule has 2 atom stereocenters. The predicted molar refractivity (Wildman–Crippen MR) is 111 cm³/mol. The molecule has 3 fully saturated rings.